The second kappa shape index (κ2) is 5.66. The van der Waals surface area contributed by atoms with Gasteiger partial charge in [0.2, 0.25) is 15.9 Å². The van der Waals surface area contributed by atoms with Crippen LogP contribution in [0.4, 0.5) is 0 Å². The molecule has 2 bridgehead atoms. The Labute approximate surface area is 131 Å². The van der Waals surface area contributed by atoms with Gasteiger partial charge in [-0.1, -0.05) is 18.6 Å². The van der Waals surface area contributed by atoms with Gasteiger partial charge < -0.3 is 5.32 Å². The highest BCUT2D eigenvalue weighted by atomic mass is 32.2. The molecule has 0 spiro atoms. The highest BCUT2D eigenvalue weighted by molar-refractivity contribution is 7.89. The number of rotatable bonds is 4. The van der Waals surface area contributed by atoms with E-state index in [1.54, 1.807) is 12.1 Å². The Morgan fingerprint density at radius 1 is 1.32 bits per heavy atom. The van der Waals surface area contributed by atoms with Crippen LogP contribution in [0.2, 0.25) is 0 Å². The van der Waals surface area contributed by atoms with Crippen molar-refractivity contribution in [3.8, 4) is 0 Å². The summed E-state index contributed by atoms with van der Waals surface area (Å²) in [6, 6.07) is 6.22. The third-order valence-electron chi connectivity index (χ3n) is 5.12. The molecule has 1 amide bonds. The summed E-state index contributed by atoms with van der Waals surface area (Å²) in [4.78, 5) is 12.5. The van der Waals surface area contributed by atoms with Crippen LogP contribution in [0.1, 0.15) is 44.2 Å². The molecule has 0 aliphatic heterocycles. The van der Waals surface area contributed by atoms with Crippen molar-refractivity contribution >= 4 is 15.9 Å². The van der Waals surface area contributed by atoms with Crippen molar-refractivity contribution in [3.63, 3.8) is 0 Å². The fourth-order valence-electron chi connectivity index (χ4n) is 3.93. The van der Waals surface area contributed by atoms with Crippen LogP contribution in [0, 0.1) is 17.8 Å². The summed E-state index contributed by atoms with van der Waals surface area (Å²) in [6.45, 7) is 1.87. The van der Waals surface area contributed by atoms with Crippen molar-refractivity contribution in [2.45, 2.75) is 43.5 Å². The summed E-state index contributed by atoms with van der Waals surface area (Å²) in [5.74, 6) is 1.48. The smallest absolute Gasteiger partial charge is 0.238 e. The van der Waals surface area contributed by atoms with Crippen LogP contribution in [0.3, 0.4) is 0 Å². The minimum absolute atomic E-state index is 0.0750. The van der Waals surface area contributed by atoms with Gasteiger partial charge in [0.15, 0.2) is 0 Å². The topological polar surface area (TPSA) is 89.3 Å². The summed E-state index contributed by atoms with van der Waals surface area (Å²) in [7, 11) is -3.72. The molecular formula is C16H22N2O3S. The van der Waals surface area contributed by atoms with Crippen LogP contribution in [0.5, 0.6) is 0 Å². The number of carbonyl (C=O) groups excluding carboxylic acids is 1. The Morgan fingerprint density at radius 3 is 2.68 bits per heavy atom. The van der Waals surface area contributed by atoms with Gasteiger partial charge in [-0.05, 0) is 55.7 Å². The van der Waals surface area contributed by atoms with Crippen LogP contribution in [-0.2, 0) is 14.8 Å². The minimum Gasteiger partial charge on any atom is -0.349 e. The summed E-state index contributed by atoms with van der Waals surface area (Å²) >= 11 is 0. The van der Waals surface area contributed by atoms with Gasteiger partial charge in [-0.15, -0.1) is 0 Å². The number of nitrogens with two attached hydrogens (primary N) is 1. The zero-order chi connectivity index (χ0) is 15.9. The SMILES string of the molecule is CC(NC(=O)C1CC2CCC1C2)c1cccc(S(N)(=O)=O)c1. The lowest BCUT2D eigenvalue weighted by atomic mass is 9.88. The number of nitrogens with one attached hydrogen (secondary N) is 1. The summed E-state index contributed by atoms with van der Waals surface area (Å²) in [6.07, 6.45) is 4.62. The molecule has 1 aromatic rings. The van der Waals surface area contributed by atoms with Gasteiger partial charge in [0, 0.05) is 5.92 Å². The molecule has 4 atom stereocenters. The number of amides is 1. The molecule has 0 aromatic heterocycles. The lowest BCUT2D eigenvalue weighted by Crippen LogP contribution is -2.35. The van der Waals surface area contributed by atoms with Crippen molar-refractivity contribution in [2.24, 2.45) is 22.9 Å². The zero-order valence-corrected chi connectivity index (χ0v) is 13.5. The second-order valence-corrected chi connectivity index (χ2v) is 8.19. The monoisotopic (exact) mass is 322 g/mol. The van der Waals surface area contributed by atoms with Gasteiger partial charge in [-0.3, -0.25) is 4.79 Å². The molecule has 2 aliphatic rings. The molecule has 2 fully saturated rings. The number of primary sulfonamides is 1. The van der Waals surface area contributed by atoms with Gasteiger partial charge >= 0.3 is 0 Å². The predicted molar refractivity (Wildman–Crippen MR) is 83.3 cm³/mol. The van der Waals surface area contributed by atoms with E-state index in [0.29, 0.717) is 5.92 Å². The van der Waals surface area contributed by atoms with Crippen LogP contribution >= 0.6 is 0 Å². The third kappa shape index (κ3) is 3.03. The van der Waals surface area contributed by atoms with Crippen molar-refractivity contribution in [2.75, 3.05) is 0 Å². The number of hydrogen-bond acceptors (Lipinski definition) is 3. The van der Waals surface area contributed by atoms with E-state index in [0.717, 1.165) is 24.3 Å². The van der Waals surface area contributed by atoms with Crippen LogP contribution in [0.25, 0.3) is 0 Å². The Hall–Kier alpha value is -1.40. The normalized spacial score (nSPS) is 28.5. The number of hydrogen-bond donors (Lipinski definition) is 2. The molecular weight excluding hydrogens is 300 g/mol. The number of carbonyl (C=O) groups is 1. The average Bonchev–Trinajstić information content (AvgIpc) is 3.09. The van der Waals surface area contributed by atoms with E-state index in [1.807, 2.05) is 6.92 Å². The van der Waals surface area contributed by atoms with E-state index in [4.69, 9.17) is 5.14 Å². The first-order chi connectivity index (χ1) is 10.3. The van der Waals surface area contributed by atoms with E-state index in [-0.39, 0.29) is 22.8 Å². The minimum atomic E-state index is -3.72. The van der Waals surface area contributed by atoms with Crippen molar-refractivity contribution in [3.05, 3.63) is 29.8 Å². The van der Waals surface area contributed by atoms with Crippen molar-refractivity contribution in [1.29, 1.82) is 0 Å². The third-order valence-corrected chi connectivity index (χ3v) is 6.03. The molecule has 6 heteroatoms. The van der Waals surface area contributed by atoms with E-state index in [2.05, 4.69) is 5.32 Å². The molecule has 0 heterocycles. The van der Waals surface area contributed by atoms with Gasteiger partial charge in [-0.2, -0.15) is 0 Å². The quantitative estimate of drug-likeness (QED) is 0.888. The van der Waals surface area contributed by atoms with Crippen LogP contribution in [0.15, 0.2) is 29.2 Å². The lowest BCUT2D eigenvalue weighted by molar-refractivity contribution is -0.127. The average molecular weight is 322 g/mol. The molecule has 2 saturated carbocycles. The van der Waals surface area contributed by atoms with Gasteiger partial charge in [0.25, 0.3) is 0 Å². The molecule has 120 valence electrons. The first-order valence-corrected chi connectivity index (χ1v) is 9.32. The molecule has 1 aromatic carbocycles. The second-order valence-electron chi connectivity index (χ2n) is 6.63. The largest absolute Gasteiger partial charge is 0.349 e. The highest BCUT2D eigenvalue weighted by Crippen LogP contribution is 2.48. The Bertz CT molecular complexity index is 686. The molecule has 22 heavy (non-hydrogen) atoms. The Kier molecular flexibility index (Phi) is 3.99. The summed E-state index contributed by atoms with van der Waals surface area (Å²) < 4.78 is 22.8. The molecule has 4 unspecified atom stereocenters. The van der Waals surface area contributed by atoms with E-state index in [9.17, 15) is 13.2 Å². The van der Waals surface area contributed by atoms with Crippen LogP contribution in [-0.4, -0.2) is 14.3 Å². The first-order valence-electron chi connectivity index (χ1n) is 7.77. The molecule has 3 N–H and O–H groups in total. The lowest BCUT2D eigenvalue weighted by Gasteiger charge is -2.23. The van der Waals surface area contributed by atoms with Crippen molar-refractivity contribution < 1.29 is 13.2 Å². The van der Waals surface area contributed by atoms with Crippen molar-refractivity contribution in [1.82, 2.24) is 5.32 Å². The Balaban J connectivity index is 1.69. The maximum atomic E-state index is 12.4. The van der Waals surface area contributed by atoms with E-state index < -0.39 is 10.0 Å². The van der Waals surface area contributed by atoms with Gasteiger partial charge in [-0.25, -0.2) is 13.6 Å². The van der Waals surface area contributed by atoms with Gasteiger partial charge in [0.1, 0.15) is 0 Å². The maximum Gasteiger partial charge on any atom is 0.238 e. The maximum absolute atomic E-state index is 12.4. The predicted octanol–water partition coefficient (Wildman–Crippen LogP) is 1.95. The Morgan fingerprint density at radius 2 is 2.09 bits per heavy atom. The number of fused-ring (bicyclic) bond motifs is 2. The first kappa shape index (κ1) is 15.5. The summed E-state index contributed by atoms with van der Waals surface area (Å²) in [5, 5.41) is 8.18. The van der Waals surface area contributed by atoms with Crippen LogP contribution < -0.4 is 10.5 Å². The molecule has 5 nitrogen and oxygen atoms in total. The standard InChI is InChI=1S/C16H22N2O3S/c1-10(12-3-2-4-14(9-12)22(17,20)21)18-16(19)15-8-11-5-6-13(15)7-11/h2-4,9-11,13,15H,5-8H2,1H3,(H,18,19)(H2,17,20,21). The number of sulfonamides is 1. The van der Waals surface area contributed by atoms with Gasteiger partial charge in [0.05, 0.1) is 10.9 Å². The fourth-order valence-corrected chi connectivity index (χ4v) is 4.50. The fraction of sp³-hybridized carbons (Fsp3) is 0.562. The molecule has 3 rings (SSSR count). The highest BCUT2D eigenvalue weighted by Gasteiger charge is 2.43. The molecule has 0 radical (unpaired) electrons. The number of benzene rings is 1. The van der Waals surface area contributed by atoms with E-state index in [1.165, 1.54) is 25.0 Å². The zero-order valence-electron chi connectivity index (χ0n) is 12.7. The molecule has 0 saturated heterocycles. The van der Waals surface area contributed by atoms with E-state index >= 15 is 0 Å². The summed E-state index contributed by atoms with van der Waals surface area (Å²) in [5.41, 5.74) is 0.753. The molecule has 2 aliphatic carbocycles.